The van der Waals surface area contributed by atoms with Crippen LogP contribution in [0.15, 0.2) is 91.0 Å². The van der Waals surface area contributed by atoms with Crippen LogP contribution in [0.5, 0.6) is 5.75 Å². The van der Waals surface area contributed by atoms with Crippen molar-refractivity contribution in [2.45, 2.75) is 31.3 Å². The van der Waals surface area contributed by atoms with E-state index >= 15 is 0 Å². The Morgan fingerprint density at radius 1 is 0.765 bits per heavy atom. The van der Waals surface area contributed by atoms with Crippen molar-refractivity contribution >= 4 is 22.7 Å². The third-order valence-corrected chi connectivity index (χ3v) is 7.17. The van der Waals surface area contributed by atoms with Crippen LogP contribution in [-0.2, 0) is 14.3 Å². The molecule has 0 aliphatic heterocycles. The molecule has 0 heterocycles. The Balaban J connectivity index is 1.21. The molecule has 168 valence electrons. The predicted octanol–water partition coefficient (Wildman–Crippen LogP) is 5.97. The summed E-state index contributed by atoms with van der Waals surface area (Å²) in [6.07, 6.45) is -0.311. The van der Waals surface area contributed by atoms with Gasteiger partial charge in [-0.05, 0) is 58.5 Å². The third kappa shape index (κ3) is 3.38. The molecule has 0 radical (unpaired) electrons. The topological polar surface area (TPSA) is 52.6 Å². The van der Waals surface area contributed by atoms with E-state index in [0.29, 0.717) is 12.2 Å². The van der Waals surface area contributed by atoms with E-state index in [2.05, 4.69) is 36.4 Å². The number of hydrogen-bond acceptors (Lipinski definition) is 4. The molecule has 0 N–H and O–H groups in total. The summed E-state index contributed by atoms with van der Waals surface area (Å²) in [5, 5.41) is 2.04. The van der Waals surface area contributed by atoms with Crippen molar-refractivity contribution in [1.29, 1.82) is 0 Å². The molecule has 0 fully saturated rings. The Morgan fingerprint density at radius 2 is 1.35 bits per heavy atom. The quantitative estimate of drug-likeness (QED) is 0.285. The van der Waals surface area contributed by atoms with Crippen LogP contribution in [0.25, 0.3) is 10.8 Å². The lowest BCUT2D eigenvalue weighted by Crippen LogP contribution is -2.39. The second-order valence-electron chi connectivity index (χ2n) is 9.14. The zero-order chi connectivity index (χ0) is 23.2. The summed E-state index contributed by atoms with van der Waals surface area (Å²) in [4.78, 5) is 26.0. The molecule has 4 aromatic carbocycles. The Morgan fingerprint density at radius 3 is 2.03 bits per heavy atom. The second kappa shape index (κ2) is 8.14. The zero-order valence-corrected chi connectivity index (χ0v) is 18.8. The van der Waals surface area contributed by atoms with Crippen molar-refractivity contribution in [2.75, 3.05) is 0 Å². The van der Waals surface area contributed by atoms with E-state index in [1.165, 1.54) is 22.3 Å². The summed E-state index contributed by atoms with van der Waals surface area (Å²) in [6, 6.07) is 30.0. The van der Waals surface area contributed by atoms with E-state index in [9.17, 15) is 9.59 Å². The Hall–Kier alpha value is -3.92. The summed E-state index contributed by atoms with van der Waals surface area (Å²) in [5.74, 6) is -0.715. The van der Waals surface area contributed by atoms with Gasteiger partial charge in [0.25, 0.3) is 0 Å². The van der Waals surface area contributed by atoms with E-state index in [4.69, 9.17) is 9.47 Å². The number of rotatable bonds is 4. The van der Waals surface area contributed by atoms with Crippen LogP contribution in [0, 0.1) is 5.92 Å². The van der Waals surface area contributed by atoms with Gasteiger partial charge >= 0.3 is 11.9 Å². The summed E-state index contributed by atoms with van der Waals surface area (Å²) >= 11 is 0. The zero-order valence-electron chi connectivity index (χ0n) is 18.8. The van der Waals surface area contributed by atoms with Crippen molar-refractivity contribution in [2.24, 2.45) is 5.92 Å². The minimum absolute atomic E-state index is 0.0615. The smallest absolute Gasteiger partial charge is 0.352 e. The van der Waals surface area contributed by atoms with Crippen LogP contribution in [0.1, 0.15) is 47.4 Å². The van der Waals surface area contributed by atoms with Crippen LogP contribution in [0.3, 0.4) is 0 Å². The summed E-state index contributed by atoms with van der Waals surface area (Å²) in [7, 11) is 0. The highest BCUT2D eigenvalue weighted by molar-refractivity contribution is 5.86. The highest BCUT2D eigenvalue weighted by Gasteiger charge is 2.47. The molecule has 0 amide bonds. The van der Waals surface area contributed by atoms with Crippen LogP contribution in [0.4, 0.5) is 0 Å². The Labute approximate surface area is 198 Å². The van der Waals surface area contributed by atoms with Crippen molar-refractivity contribution in [3.63, 3.8) is 0 Å². The van der Waals surface area contributed by atoms with Gasteiger partial charge in [-0.15, -0.1) is 0 Å². The maximum atomic E-state index is 13.3. The number of carbonyl (C=O) groups excluding carboxylic acids is 2. The molecular weight excluding hydrogens is 424 g/mol. The molecule has 2 atom stereocenters. The first-order valence-electron chi connectivity index (χ1n) is 11.7. The number of ether oxygens (including phenoxy) is 2. The van der Waals surface area contributed by atoms with Crippen molar-refractivity contribution in [1.82, 2.24) is 0 Å². The molecule has 2 unspecified atom stereocenters. The van der Waals surface area contributed by atoms with Gasteiger partial charge in [-0.2, -0.15) is 0 Å². The third-order valence-electron chi connectivity index (χ3n) is 7.17. The first-order chi connectivity index (χ1) is 16.6. The molecule has 4 aromatic rings. The van der Waals surface area contributed by atoms with Gasteiger partial charge in [-0.3, -0.25) is 4.79 Å². The first kappa shape index (κ1) is 20.7. The molecule has 4 heteroatoms. The normalized spacial score (nSPS) is 20.8. The van der Waals surface area contributed by atoms with Gasteiger partial charge in [0.05, 0.1) is 5.92 Å². The summed E-state index contributed by atoms with van der Waals surface area (Å²) in [5.41, 5.74) is 4.95. The molecule has 4 nitrogen and oxygen atoms in total. The van der Waals surface area contributed by atoms with E-state index in [-0.39, 0.29) is 23.7 Å². The molecule has 0 saturated heterocycles. The second-order valence-corrected chi connectivity index (χ2v) is 9.14. The minimum atomic E-state index is -0.995. The molecule has 0 saturated carbocycles. The summed E-state index contributed by atoms with van der Waals surface area (Å²) < 4.78 is 11.2. The maximum Gasteiger partial charge on any atom is 0.352 e. The predicted molar refractivity (Wildman–Crippen MR) is 130 cm³/mol. The van der Waals surface area contributed by atoms with Gasteiger partial charge in [0.2, 0.25) is 0 Å². The van der Waals surface area contributed by atoms with E-state index < -0.39 is 12.1 Å². The lowest BCUT2D eigenvalue weighted by molar-refractivity contribution is -0.165. The van der Waals surface area contributed by atoms with Gasteiger partial charge < -0.3 is 9.47 Å². The average Bonchev–Trinajstić information content (AvgIpc) is 2.88. The Kier molecular flexibility index (Phi) is 4.95. The van der Waals surface area contributed by atoms with Gasteiger partial charge in [0, 0.05) is 11.8 Å². The van der Waals surface area contributed by atoms with E-state index in [1.54, 1.807) is 13.0 Å². The van der Waals surface area contributed by atoms with Crippen molar-refractivity contribution in [3.05, 3.63) is 113 Å². The molecule has 0 aromatic heterocycles. The number of esters is 2. The fourth-order valence-electron chi connectivity index (χ4n) is 5.61. The average molecular weight is 449 g/mol. The highest BCUT2D eigenvalue weighted by Crippen LogP contribution is 2.55. The first-order valence-corrected chi connectivity index (χ1v) is 11.7. The van der Waals surface area contributed by atoms with E-state index in [0.717, 1.165) is 10.8 Å². The molecule has 3 aliphatic rings. The summed E-state index contributed by atoms with van der Waals surface area (Å²) in [6.45, 7) is 1.57. The number of hydrogen-bond donors (Lipinski definition) is 0. The van der Waals surface area contributed by atoms with Crippen LogP contribution in [-0.4, -0.2) is 18.0 Å². The molecule has 34 heavy (non-hydrogen) atoms. The monoisotopic (exact) mass is 448 g/mol. The number of fused-ring (bicyclic) bond motifs is 2. The SMILES string of the molecule is CC(OC(=O)C1CC2c3ccccc3C1c1ccccc12)C(=O)Oc1ccc2ccccc2c1. The van der Waals surface area contributed by atoms with Gasteiger partial charge in [0.1, 0.15) is 5.75 Å². The van der Waals surface area contributed by atoms with Crippen molar-refractivity contribution < 1.29 is 19.1 Å². The number of benzene rings is 4. The highest BCUT2D eigenvalue weighted by atomic mass is 16.6. The molecule has 2 bridgehead atoms. The molecule has 0 spiro atoms. The van der Waals surface area contributed by atoms with Crippen LogP contribution >= 0.6 is 0 Å². The molecule has 3 aliphatic carbocycles. The molecule has 7 rings (SSSR count). The minimum Gasteiger partial charge on any atom is -0.450 e. The van der Waals surface area contributed by atoms with Gasteiger partial charge in [0.15, 0.2) is 6.10 Å². The van der Waals surface area contributed by atoms with Crippen LogP contribution in [0.2, 0.25) is 0 Å². The lowest BCUT2D eigenvalue weighted by Gasteiger charge is -2.44. The fraction of sp³-hybridized carbons (Fsp3) is 0.200. The van der Waals surface area contributed by atoms with Crippen molar-refractivity contribution in [3.8, 4) is 5.75 Å². The van der Waals surface area contributed by atoms with E-state index in [1.807, 2.05) is 48.5 Å². The number of carbonyl (C=O) groups is 2. The molecular formula is C30H24O4. The van der Waals surface area contributed by atoms with Gasteiger partial charge in [-0.25, -0.2) is 4.79 Å². The lowest BCUT2D eigenvalue weighted by atomic mass is 9.59. The van der Waals surface area contributed by atoms with Gasteiger partial charge in [-0.1, -0.05) is 78.9 Å². The standard InChI is InChI=1S/C30H24O4/c1-18(29(31)34-21-15-14-19-8-2-3-9-20(19)16-21)33-30(32)27-17-26-22-10-4-6-12-24(22)28(27)25-13-7-5-11-23(25)26/h2-16,18,26-28H,17H2,1H3. The maximum absolute atomic E-state index is 13.3. The fourth-order valence-corrected chi connectivity index (χ4v) is 5.61. The largest absolute Gasteiger partial charge is 0.450 e. The Bertz CT molecular complexity index is 1370. The van der Waals surface area contributed by atoms with Crippen LogP contribution < -0.4 is 4.74 Å².